The molecule has 1 aromatic heterocycles. The molecule has 1 atom stereocenters. The predicted octanol–water partition coefficient (Wildman–Crippen LogP) is 1.95. The molecule has 3 heterocycles. The molecule has 1 aromatic carbocycles. The summed E-state index contributed by atoms with van der Waals surface area (Å²) in [5.41, 5.74) is 1.01. The highest BCUT2D eigenvalue weighted by atomic mass is 32.2. The van der Waals surface area contributed by atoms with Crippen LogP contribution in [0.3, 0.4) is 0 Å². The quantitative estimate of drug-likeness (QED) is 0.689. The monoisotopic (exact) mass is 431 g/mol. The maximum absolute atomic E-state index is 12.9. The first-order valence-corrected chi connectivity index (χ1v) is 12.0. The van der Waals surface area contributed by atoms with Crippen LogP contribution in [0.1, 0.15) is 48.9 Å². The van der Waals surface area contributed by atoms with E-state index in [0.717, 1.165) is 24.2 Å². The molecule has 1 saturated carbocycles. The molecule has 1 unspecified atom stereocenters. The SMILES string of the molecule is COc1ccc(Cc2noc(C3CCS(=O)(=O)C34CN(C(=O)CC3CC3)C4)n2)cc1. The summed E-state index contributed by atoms with van der Waals surface area (Å²) in [5.74, 6) is 1.96. The first-order chi connectivity index (χ1) is 14.4. The summed E-state index contributed by atoms with van der Waals surface area (Å²) in [6.07, 6.45) is 3.69. The summed E-state index contributed by atoms with van der Waals surface area (Å²) in [6, 6.07) is 7.62. The number of carbonyl (C=O) groups excluding carboxylic acids is 1. The lowest BCUT2D eigenvalue weighted by atomic mass is 9.82. The van der Waals surface area contributed by atoms with Gasteiger partial charge in [0.2, 0.25) is 11.8 Å². The molecule has 30 heavy (non-hydrogen) atoms. The molecule has 0 bridgehead atoms. The van der Waals surface area contributed by atoms with Crippen LogP contribution in [0.5, 0.6) is 5.75 Å². The predicted molar refractivity (Wildman–Crippen MR) is 108 cm³/mol. The van der Waals surface area contributed by atoms with Crippen molar-refractivity contribution in [2.24, 2.45) is 5.92 Å². The standard InChI is InChI=1S/C21H25N3O5S/c1-28-16-6-4-14(5-7-16)10-18-22-20(29-23-18)17-8-9-30(26,27)21(17)12-24(13-21)19(25)11-15-2-3-15/h4-7,15,17H,2-3,8-13H2,1H3. The van der Waals surface area contributed by atoms with E-state index < -0.39 is 14.6 Å². The van der Waals surface area contributed by atoms with Gasteiger partial charge in [0.15, 0.2) is 15.7 Å². The number of aromatic nitrogens is 2. The van der Waals surface area contributed by atoms with E-state index in [2.05, 4.69) is 10.1 Å². The molecule has 1 spiro atoms. The van der Waals surface area contributed by atoms with Crippen molar-refractivity contribution in [3.05, 3.63) is 41.5 Å². The topological polar surface area (TPSA) is 103 Å². The molecule has 2 aliphatic heterocycles. The fourth-order valence-corrected chi connectivity index (χ4v) is 6.91. The van der Waals surface area contributed by atoms with Crippen molar-refractivity contribution in [2.45, 2.75) is 42.8 Å². The van der Waals surface area contributed by atoms with Gasteiger partial charge in [-0.2, -0.15) is 4.98 Å². The molecule has 0 N–H and O–H groups in total. The molecule has 2 aromatic rings. The zero-order valence-electron chi connectivity index (χ0n) is 16.9. The van der Waals surface area contributed by atoms with Crippen molar-refractivity contribution in [1.82, 2.24) is 15.0 Å². The average molecular weight is 432 g/mol. The van der Waals surface area contributed by atoms with Gasteiger partial charge in [-0.15, -0.1) is 0 Å². The van der Waals surface area contributed by atoms with Gasteiger partial charge in [-0.25, -0.2) is 8.42 Å². The molecule has 5 rings (SSSR count). The fourth-order valence-electron chi connectivity index (χ4n) is 4.60. The minimum atomic E-state index is -3.32. The lowest BCUT2D eigenvalue weighted by Gasteiger charge is -2.49. The van der Waals surface area contributed by atoms with Crippen LogP contribution in [-0.2, 0) is 21.1 Å². The second kappa shape index (κ2) is 7.08. The van der Waals surface area contributed by atoms with E-state index in [0.29, 0.717) is 36.9 Å². The Morgan fingerprint density at radius 1 is 1.23 bits per heavy atom. The average Bonchev–Trinajstić information content (AvgIpc) is 3.30. The summed E-state index contributed by atoms with van der Waals surface area (Å²) in [4.78, 5) is 18.6. The lowest BCUT2D eigenvalue weighted by Crippen LogP contribution is -2.67. The van der Waals surface area contributed by atoms with Crippen molar-refractivity contribution in [1.29, 1.82) is 0 Å². The second-order valence-electron chi connectivity index (χ2n) is 8.70. The van der Waals surface area contributed by atoms with Crippen molar-refractivity contribution < 1.29 is 22.5 Å². The largest absolute Gasteiger partial charge is 0.497 e. The number of methoxy groups -OCH3 is 1. The molecule has 1 amide bonds. The molecule has 1 aliphatic carbocycles. The molecule has 160 valence electrons. The van der Waals surface area contributed by atoms with Gasteiger partial charge in [-0.3, -0.25) is 4.79 Å². The van der Waals surface area contributed by atoms with Crippen molar-refractivity contribution >= 4 is 15.7 Å². The van der Waals surface area contributed by atoms with Crippen LogP contribution in [0.15, 0.2) is 28.8 Å². The van der Waals surface area contributed by atoms with Gasteiger partial charge in [0.1, 0.15) is 10.5 Å². The van der Waals surface area contributed by atoms with E-state index in [9.17, 15) is 13.2 Å². The minimum absolute atomic E-state index is 0.0645. The van der Waals surface area contributed by atoms with E-state index in [1.807, 2.05) is 24.3 Å². The molecular formula is C21H25N3O5S. The number of hydrogen-bond donors (Lipinski definition) is 0. The Hall–Kier alpha value is -2.42. The smallest absolute Gasteiger partial charge is 0.231 e. The summed E-state index contributed by atoms with van der Waals surface area (Å²) < 4.78 is 35.4. The van der Waals surface area contributed by atoms with Crippen LogP contribution in [-0.4, -0.2) is 60.1 Å². The molecular weight excluding hydrogens is 406 g/mol. The van der Waals surface area contributed by atoms with Crippen LogP contribution in [0.4, 0.5) is 0 Å². The number of carbonyl (C=O) groups is 1. The van der Waals surface area contributed by atoms with Crippen molar-refractivity contribution in [3.8, 4) is 5.75 Å². The number of nitrogens with zero attached hydrogens (tertiary/aromatic N) is 3. The van der Waals surface area contributed by atoms with Gasteiger partial charge in [-0.05, 0) is 42.9 Å². The highest BCUT2D eigenvalue weighted by molar-refractivity contribution is 7.93. The van der Waals surface area contributed by atoms with E-state index in [1.54, 1.807) is 12.0 Å². The number of likely N-dealkylation sites (tertiary alicyclic amines) is 1. The third kappa shape index (κ3) is 3.29. The molecule has 3 fully saturated rings. The van der Waals surface area contributed by atoms with Gasteiger partial charge in [0, 0.05) is 25.9 Å². The highest BCUT2D eigenvalue weighted by Crippen LogP contribution is 2.50. The van der Waals surface area contributed by atoms with Crippen LogP contribution < -0.4 is 4.74 Å². The Balaban J connectivity index is 1.31. The Kier molecular flexibility index (Phi) is 4.61. The Labute approximate surface area is 175 Å². The van der Waals surface area contributed by atoms with Gasteiger partial charge < -0.3 is 14.2 Å². The number of rotatable bonds is 6. The Morgan fingerprint density at radius 2 is 1.97 bits per heavy atom. The molecule has 0 radical (unpaired) electrons. The fraction of sp³-hybridized carbons (Fsp3) is 0.571. The van der Waals surface area contributed by atoms with Crippen LogP contribution in [0, 0.1) is 5.92 Å². The van der Waals surface area contributed by atoms with Crippen molar-refractivity contribution in [2.75, 3.05) is 26.0 Å². The highest BCUT2D eigenvalue weighted by Gasteiger charge is 2.64. The van der Waals surface area contributed by atoms with Gasteiger partial charge in [-0.1, -0.05) is 17.3 Å². The number of amides is 1. The Bertz CT molecular complexity index is 1050. The molecule has 8 nitrogen and oxygen atoms in total. The summed E-state index contributed by atoms with van der Waals surface area (Å²) in [5, 5.41) is 4.08. The number of hydrogen-bond acceptors (Lipinski definition) is 7. The minimum Gasteiger partial charge on any atom is -0.497 e. The van der Waals surface area contributed by atoms with Gasteiger partial charge in [0.25, 0.3) is 0 Å². The first-order valence-electron chi connectivity index (χ1n) is 10.4. The maximum Gasteiger partial charge on any atom is 0.231 e. The molecule has 9 heteroatoms. The zero-order chi connectivity index (χ0) is 20.9. The van der Waals surface area contributed by atoms with Crippen molar-refractivity contribution in [3.63, 3.8) is 0 Å². The maximum atomic E-state index is 12.9. The van der Waals surface area contributed by atoms with Gasteiger partial charge >= 0.3 is 0 Å². The number of benzene rings is 1. The first kappa shape index (κ1) is 19.5. The van der Waals surface area contributed by atoms with Crippen LogP contribution >= 0.6 is 0 Å². The van der Waals surface area contributed by atoms with E-state index in [1.165, 1.54) is 0 Å². The second-order valence-corrected chi connectivity index (χ2v) is 11.1. The van der Waals surface area contributed by atoms with Gasteiger partial charge in [0.05, 0.1) is 18.8 Å². The lowest BCUT2D eigenvalue weighted by molar-refractivity contribution is -0.137. The summed E-state index contributed by atoms with van der Waals surface area (Å²) >= 11 is 0. The molecule has 2 saturated heterocycles. The Morgan fingerprint density at radius 3 is 2.63 bits per heavy atom. The zero-order valence-corrected chi connectivity index (χ0v) is 17.7. The number of sulfone groups is 1. The van der Waals surface area contributed by atoms with E-state index in [-0.39, 0.29) is 30.7 Å². The molecule has 3 aliphatic rings. The third-order valence-electron chi connectivity index (χ3n) is 6.66. The third-order valence-corrected chi connectivity index (χ3v) is 9.22. The summed E-state index contributed by atoms with van der Waals surface area (Å²) in [6.45, 7) is 0.476. The number of ether oxygens (including phenoxy) is 1. The van der Waals surface area contributed by atoms with Crippen LogP contribution in [0.25, 0.3) is 0 Å². The normalized spacial score (nSPS) is 24.0. The summed E-state index contributed by atoms with van der Waals surface area (Å²) in [7, 11) is -1.70. The van der Waals surface area contributed by atoms with E-state index in [4.69, 9.17) is 9.26 Å². The van der Waals surface area contributed by atoms with Crippen LogP contribution in [0.2, 0.25) is 0 Å². The van der Waals surface area contributed by atoms with E-state index >= 15 is 0 Å².